The molecular formula is C20H23ClN4O2. The molecule has 0 bridgehead atoms. The second kappa shape index (κ2) is 7.98. The molecule has 0 aliphatic rings. The molecule has 0 fully saturated rings. The molecule has 0 saturated carbocycles. The number of nitrogens with zero attached hydrogens (tertiary/aromatic N) is 3. The van der Waals surface area contributed by atoms with Crippen molar-refractivity contribution in [2.24, 2.45) is 7.05 Å². The van der Waals surface area contributed by atoms with Gasteiger partial charge in [-0.3, -0.25) is 9.69 Å². The number of benzene rings is 1. The Hall–Kier alpha value is -2.57. The Morgan fingerprint density at radius 1 is 1.30 bits per heavy atom. The number of nitrogens with one attached hydrogen (secondary N) is 1. The summed E-state index contributed by atoms with van der Waals surface area (Å²) in [5, 5.41) is 7.60. The van der Waals surface area contributed by atoms with Gasteiger partial charge in [-0.05, 0) is 39.2 Å². The fraction of sp³-hybridized carbons (Fsp3) is 0.300. The van der Waals surface area contributed by atoms with Crippen LogP contribution in [0.1, 0.15) is 27.9 Å². The molecule has 1 N–H and O–H groups in total. The number of hydrogen-bond acceptors (Lipinski definition) is 4. The van der Waals surface area contributed by atoms with Gasteiger partial charge >= 0.3 is 0 Å². The second-order valence-electron chi connectivity index (χ2n) is 6.68. The first kappa shape index (κ1) is 19.2. The summed E-state index contributed by atoms with van der Waals surface area (Å²) in [5.74, 6) is 0.229. The van der Waals surface area contributed by atoms with Crippen molar-refractivity contribution in [3.8, 4) is 11.3 Å². The van der Waals surface area contributed by atoms with Crippen molar-refractivity contribution in [3.05, 3.63) is 64.6 Å². The summed E-state index contributed by atoms with van der Waals surface area (Å²) in [7, 11) is 5.97. The smallest absolute Gasteiger partial charge is 0.257 e. The van der Waals surface area contributed by atoms with E-state index in [1.54, 1.807) is 13.0 Å². The summed E-state index contributed by atoms with van der Waals surface area (Å²) >= 11 is 6.28. The van der Waals surface area contributed by atoms with E-state index in [0.717, 1.165) is 5.69 Å². The summed E-state index contributed by atoms with van der Waals surface area (Å²) in [6.45, 7) is 2.18. The number of carbonyl (C=O) groups excluding carboxylic acids is 1. The Bertz CT molecular complexity index is 945. The lowest BCUT2D eigenvalue weighted by Crippen LogP contribution is -2.35. The normalized spacial score (nSPS) is 12.4. The van der Waals surface area contributed by atoms with E-state index in [2.05, 4.69) is 26.0 Å². The number of rotatable bonds is 6. The topological polar surface area (TPSA) is 63.3 Å². The lowest BCUT2D eigenvalue weighted by molar-refractivity contribution is 0.0940. The second-order valence-corrected chi connectivity index (χ2v) is 7.08. The summed E-state index contributed by atoms with van der Waals surface area (Å²) in [4.78, 5) is 15.0. The zero-order valence-corrected chi connectivity index (χ0v) is 16.6. The van der Waals surface area contributed by atoms with E-state index in [9.17, 15) is 4.79 Å². The molecule has 0 radical (unpaired) electrons. The number of aromatic nitrogens is 2. The van der Waals surface area contributed by atoms with Crippen LogP contribution < -0.4 is 5.32 Å². The van der Waals surface area contributed by atoms with Gasteiger partial charge < -0.3 is 14.4 Å². The van der Waals surface area contributed by atoms with Crippen LogP contribution in [0.5, 0.6) is 0 Å². The van der Waals surface area contributed by atoms with Gasteiger partial charge in [0.15, 0.2) is 0 Å². The molecule has 7 heteroatoms. The monoisotopic (exact) mass is 386 g/mol. The van der Waals surface area contributed by atoms with Gasteiger partial charge in [-0.15, -0.1) is 0 Å². The van der Waals surface area contributed by atoms with Crippen molar-refractivity contribution in [1.29, 1.82) is 0 Å². The number of likely N-dealkylation sites (N-methyl/N-ethyl adjacent to an activating group) is 1. The first-order chi connectivity index (χ1) is 12.9. The number of aryl methyl sites for hydroxylation is 2. The molecule has 2 aromatic heterocycles. The van der Waals surface area contributed by atoms with Gasteiger partial charge in [-0.2, -0.15) is 0 Å². The van der Waals surface area contributed by atoms with Gasteiger partial charge in [0.25, 0.3) is 5.91 Å². The first-order valence-corrected chi connectivity index (χ1v) is 9.05. The Balaban J connectivity index is 1.84. The van der Waals surface area contributed by atoms with Gasteiger partial charge in [-0.1, -0.05) is 35.0 Å². The number of hydrogen-bond donors (Lipinski definition) is 1. The molecule has 1 atom stereocenters. The molecule has 0 aliphatic carbocycles. The standard InChI is InChI=1S/C20H23ClN4O2/c1-13-18(19(23-27-13)14-8-5-6-9-15(14)21)20(26)22-12-17(24(2)3)16-10-7-11-25(16)4/h5-11,17H,12H2,1-4H3,(H,22,26). The van der Waals surface area contributed by atoms with Gasteiger partial charge in [-0.25, -0.2) is 0 Å². The predicted octanol–water partition coefficient (Wildman–Crippen LogP) is 3.67. The van der Waals surface area contributed by atoms with E-state index in [-0.39, 0.29) is 11.9 Å². The molecular weight excluding hydrogens is 364 g/mol. The maximum atomic E-state index is 12.9. The fourth-order valence-electron chi connectivity index (χ4n) is 3.13. The molecule has 142 valence electrons. The maximum Gasteiger partial charge on any atom is 0.257 e. The van der Waals surface area contributed by atoms with Gasteiger partial charge in [0.2, 0.25) is 0 Å². The van der Waals surface area contributed by atoms with E-state index in [1.165, 1.54) is 0 Å². The zero-order valence-electron chi connectivity index (χ0n) is 15.9. The average molecular weight is 387 g/mol. The highest BCUT2D eigenvalue weighted by atomic mass is 35.5. The Kier molecular flexibility index (Phi) is 5.68. The van der Waals surface area contributed by atoms with Crippen LogP contribution in [0.4, 0.5) is 0 Å². The zero-order chi connectivity index (χ0) is 19.6. The lowest BCUT2D eigenvalue weighted by Gasteiger charge is -2.25. The third-order valence-electron chi connectivity index (χ3n) is 4.62. The van der Waals surface area contributed by atoms with Gasteiger partial charge in [0.05, 0.1) is 11.1 Å². The number of carbonyl (C=O) groups is 1. The molecule has 1 aromatic carbocycles. The van der Waals surface area contributed by atoms with E-state index >= 15 is 0 Å². The molecule has 3 rings (SSSR count). The molecule has 3 aromatic rings. The third kappa shape index (κ3) is 3.91. The molecule has 1 amide bonds. The van der Waals surface area contributed by atoms with Gasteiger partial charge in [0, 0.05) is 31.0 Å². The third-order valence-corrected chi connectivity index (χ3v) is 4.95. The molecule has 6 nitrogen and oxygen atoms in total. The van der Waals surface area contributed by atoms with Crippen molar-refractivity contribution in [3.63, 3.8) is 0 Å². The van der Waals surface area contributed by atoms with Crippen molar-refractivity contribution in [2.45, 2.75) is 13.0 Å². The summed E-state index contributed by atoms with van der Waals surface area (Å²) in [6, 6.07) is 11.4. The van der Waals surface area contributed by atoms with Crippen molar-refractivity contribution >= 4 is 17.5 Å². The average Bonchev–Trinajstić information content (AvgIpc) is 3.21. The highest BCUT2D eigenvalue weighted by molar-refractivity contribution is 6.33. The van der Waals surface area contributed by atoms with E-state index < -0.39 is 0 Å². The number of amides is 1. The van der Waals surface area contributed by atoms with E-state index in [0.29, 0.717) is 34.1 Å². The minimum absolute atomic E-state index is 0.0397. The molecule has 27 heavy (non-hydrogen) atoms. The van der Waals surface area contributed by atoms with Crippen molar-refractivity contribution < 1.29 is 9.32 Å². The lowest BCUT2D eigenvalue weighted by atomic mass is 10.1. The Morgan fingerprint density at radius 3 is 2.67 bits per heavy atom. The summed E-state index contributed by atoms with van der Waals surface area (Å²) in [6.07, 6.45) is 1.99. The number of halogens is 1. The van der Waals surface area contributed by atoms with Crippen LogP contribution in [0.2, 0.25) is 5.02 Å². The minimum atomic E-state index is -0.232. The minimum Gasteiger partial charge on any atom is -0.360 e. The molecule has 0 saturated heterocycles. The maximum absolute atomic E-state index is 12.9. The molecule has 0 aliphatic heterocycles. The predicted molar refractivity (Wildman–Crippen MR) is 106 cm³/mol. The molecule has 2 heterocycles. The van der Waals surface area contributed by atoms with Crippen molar-refractivity contribution in [1.82, 2.24) is 19.9 Å². The molecule has 0 spiro atoms. The SMILES string of the molecule is Cc1onc(-c2ccccc2Cl)c1C(=O)NCC(c1cccn1C)N(C)C. The van der Waals surface area contributed by atoms with Crippen LogP contribution in [0, 0.1) is 6.92 Å². The van der Waals surface area contributed by atoms with Crippen LogP contribution in [0.25, 0.3) is 11.3 Å². The highest BCUT2D eigenvalue weighted by Crippen LogP contribution is 2.31. The van der Waals surface area contributed by atoms with E-state index in [4.69, 9.17) is 16.1 Å². The van der Waals surface area contributed by atoms with Gasteiger partial charge in [0.1, 0.15) is 17.0 Å². The van der Waals surface area contributed by atoms with E-state index in [1.807, 2.05) is 51.6 Å². The van der Waals surface area contributed by atoms with Crippen LogP contribution in [-0.4, -0.2) is 41.2 Å². The Labute approximate surface area is 163 Å². The van der Waals surface area contributed by atoms with Crippen LogP contribution in [0.15, 0.2) is 47.1 Å². The van der Waals surface area contributed by atoms with Crippen LogP contribution in [0.3, 0.4) is 0 Å². The highest BCUT2D eigenvalue weighted by Gasteiger charge is 2.24. The molecule has 1 unspecified atom stereocenters. The van der Waals surface area contributed by atoms with Crippen LogP contribution in [-0.2, 0) is 7.05 Å². The largest absolute Gasteiger partial charge is 0.360 e. The quantitative estimate of drug-likeness (QED) is 0.702. The fourth-order valence-corrected chi connectivity index (χ4v) is 3.35. The first-order valence-electron chi connectivity index (χ1n) is 8.67. The summed E-state index contributed by atoms with van der Waals surface area (Å²) < 4.78 is 7.34. The van der Waals surface area contributed by atoms with Crippen LogP contribution >= 0.6 is 11.6 Å². The summed E-state index contributed by atoms with van der Waals surface area (Å²) in [5.41, 5.74) is 2.66. The van der Waals surface area contributed by atoms with Crippen molar-refractivity contribution in [2.75, 3.05) is 20.6 Å². The Morgan fingerprint density at radius 2 is 2.04 bits per heavy atom.